The fraction of sp³-hybridized carbons (Fsp3) is 0.0476. The predicted molar refractivity (Wildman–Crippen MR) is 104 cm³/mol. The number of nitrogens with one attached hydrogen (secondary N) is 1. The third-order valence-corrected chi connectivity index (χ3v) is 4.43. The Hall–Kier alpha value is -4.20. The number of carbonyl (C=O) groups excluding carboxylic acids is 2. The average molecular weight is 389 g/mol. The Kier molecular flexibility index (Phi) is 4.66. The zero-order valence-corrected chi connectivity index (χ0v) is 15.1. The molecule has 2 aromatic carbocycles. The highest BCUT2D eigenvalue weighted by Crippen LogP contribution is 2.31. The van der Waals surface area contributed by atoms with E-state index in [2.05, 4.69) is 5.32 Å². The molecule has 0 bridgehead atoms. The molecule has 3 aromatic rings. The topological polar surface area (TPSA) is 106 Å². The highest BCUT2D eigenvalue weighted by molar-refractivity contribution is 6.13. The summed E-state index contributed by atoms with van der Waals surface area (Å²) in [6.07, 6.45) is 1.41. The van der Waals surface area contributed by atoms with E-state index in [4.69, 9.17) is 4.42 Å². The number of para-hydroxylation sites is 1. The van der Waals surface area contributed by atoms with Gasteiger partial charge in [0.2, 0.25) is 0 Å². The van der Waals surface area contributed by atoms with E-state index in [1.54, 1.807) is 30.3 Å². The van der Waals surface area contributed by atoms with Crippen LogP contribution in [0.1, 0.15) is 11.3 Å². The van der Waals surface area contributed by atoms with Crippen molar-refractivity contribution in [3.63, 3.8) is 0 Å². The van der Waals surface area contributed by atoms with E-state index in [1.165, 1.54) is 12.1 Å². The third kappa shape index (κ3) is 3.63. The first kappa shape index (κ1) is 18.2. The van der Waals surface area contributed by atoms with E-state index in [9.17, 15) is 19.7 Å². The quantitative estimate of drug-likeness (QED) is 0.308. The molecule has 0 radical (unpaired) electrons. The van der Waals surface area contributed by atoms with Crippen molar-refractivity contribution < 1.29 is 18.9 Å². The van der Waals surface area contributed by atoms with Gasteiger partial charge in [0.1, 0.15) is 17.2 Å². The summed E-state index contributed by atoms with van der Waals surface area (Å²) in [7, 11) is 0. The molecular weight excluding hydrogens is 374 g/mol. The van der Waals surface area contributed by atoms with E-state index in [0.717, 1.165) is 10.5 Å². The van der Waals surface area contributed by atoms with Gasteiger partial charge in [-0.3, -0.25) is 19.8 Å². The molecule has 3 amide bonds. The lowest BCUT2D eigenvalue weighted by Gasteiger charge is -2.11. The maximum Gasteiger partial charge on any atom is 0.329 e. The molecule has 1 saturated heterocycles. The largest absolute Gasteiger partial charge is 0.456 e. The van der Waals surface area contributed by atoms with Crippen LogP contribution in [0.5, 0.6) is 0 Å². The SMILES string of the molecule is O=C1N/C(=C/c2ccc(-c3ccccc3[N+](=O)[O-])o2)C(=O)N1Cc1ccccc1. The molecule has 29 heavy (non-hydrogen) atoms. The smallest absolute Gasteiger partial charge is 0.329 e. The van der Waals surface area contributed by atoms with Gasteiger partial charge < -0.3 is 9.73 Å². The number of hydrogen-bond acceptors (Lipinski definition) is 5. The lowest BCUT2D eigenvalue weighted by Crippen LogP contribution is -2.30. The molecule has 1 aliphatic rings. The van der Waals surface area contributed by atoms with Crippen molar-refractivity contribution in [3.8, 4) is 11.3 Å². The minimum Gasteiger partial charge on any atom is -0.456 e. The second-order valence-electron chi connectivity index (χ2n) is 6.34. The molecule has 144 valence electrons. The number of benzene rings is 2. The molecule has 0 saturated carbocycles. The summed E-state index contributed by atoms with van der Waals surface area (Å²) in [4.78, 5) is 36.6. The van der Waals surface area contributed by atoms with Gasteiger partial charge >= 0.3 is 6.03 Å². The van der Waals surface area contributed by atoms with E-state index in [-0.39, 0.29) is 17.9 Å². The van der Waals surface area contributed by atoms with Crippen LogP contribution in [0.3, 0.4) is 0 Å². The van der Waals surface area contributed by atoms with Crippen LogP contribution in [0.15, 0.2) is 76.8 Å². The Morgan fingerprint density at radius 3 is 2.48 bits per heavy atom. The molecule has 1 N–H and O–H groups in total. The van der Waals surface area contributed by atoms with E-state index in [1.807, 2.05) is 30.3 Å². The van der Waals surface area contributed by atoms with Crippen molar-refractivity contribution in [1.29, 1.82) is 0 Å². The Balaban J connectivity index is 1.57. The number of furan rings is 1. The molecule has 2 heterocycles. The highest BCUT2D eigenvalue weighted by Gasteiger charge is 2.33. The normalized spacial score (nSPS) is 15.0. The molecule has 0 aliphatic carbocycles. The number of rotatable bonds is 5. The number of nitro groups is 1. The second-order valence-corrected chi connectivity index (χ2v) is 6.34. The molecule has 8 heteroatoms. The maximum atomic E-state index is 12.6. The van der Waals surface area contributed by atoms with Gasteiger partial charge in [0.25, 0.3) is 11.6 Å². The van der Waals surface area contributed by atoms with Crippen LogP contribution in [-0.4, -0.2) is 21.8 Å². The van der Waals surface area contributed by atoms with Crippen LogP contribution in [0, 0.1) is 10.1 Å². The van der Waals surface area contributed by atoms with E-state index >= 15 is 0 Å². The van der Waals surface area contributed by atoms with Crippen LogP contribution in [0.4, 0.5) is 10.5 Å². The number of amides is 3. The third-order valence-electron chi connectivity index (χ3n) is 4.43. The van der Waals surface area contributed by atoms with Crippen molar-refractivity contribution in [2.75, 3.05) is 0 Å². The summed E-state index contributed by atoms with van der Waals surface area (Å²) in [6, 6.07) is 18.0. The van der Waals surface area contributed by atoms with Crippen molar-refractivity contribution in [1.82, 2.24) is 10.2 Å². The first-order valence-electron chi connectivity index (χ1n) is 8.75. The summed E-state index contributed by atoms with van der Waals surface area (Å²) >= 11 is 0. The Morgan fingerprint density at radius 2 is 1.72 bits per heavy atom. The number of carbonyl (C=O) groups is 2. The molecule has 8 nitrogen and oxygen atoms in total. The summed E-state index contributed by atoms with van der Waals surface area (Å²) in [5.41, 5.74) is 1.15. The van der Waals surface area contributed by atoms with Crippen LogP contribution in [-0.2, 0) is 11.3 Å². The fourth-order valence-electron chi connectivity index (χ4n) is 3.04. The van der Waals surface area contributed by atoms with Gasteiger partial charge in [-0.05, 0) is 23.8 Å². The lowest BCUT2D eigenvalue weighted by atomic mass is 10.1. The van der Waals surface area contributed by atoms with Crippen LogP contribution < -0.4 is 5.32 Å². The molecule has 1 fully saturated rings. The van der Waals surface area contributed by atoms with Crippen LogP contribution in [0.2, 0.25) is 0 Å². The van der Waals surface area contributed by atoms with E-state index < -0.39 is 16.9 Å². The van der Waals surface area contributed by atoms with Gasteiger partial charge in [-0.2, -0.15) is 0 Å². The van der Waals surface area contributed by atoms with Gasteiger partial charge in [-0.15, -0.1) is 0 Å². The number of nitrogens with zero attached hydrogens (tertiary/aromatic N) is 2. The lowest BCUT2D eigenvalue weighted by molar-refractivity contribution is -0.384. The molecular formula is C21H15N3O5. The molecule has 0 unspecified atom stereocenters. The average Bonchev–Trinajstić information content (AvgIpc) is 3.29. The summed E-state index contributed by atoms with van der Waals surface area (Å²) < 4.78 is 5.66. The zero-order chi connectivity index (χ0) is 20.4. The molecule has 0 atom stereocenters. The van der Waals surface area contributed by atoms with Gasteiger partial charge in [0.05, 0.1) is 17.0 Å². The Bertz CT molecular complexity index is 1130. The Labute approximate surface area is 165 Å². The van der Waals surface area contributed by atoms with Crippen LogP contribution >= 0.6 is 0 Å². The van der Waals surface area contributed by atoms with Gasteiger partial charge in [0, 0.05) is 12.1 Å². The monoisotopic (exact) mass is 389 g/mol. The molecule has 4 rings (SSSR count). The number of nitro benzene ring substituents is 1. The molecule has 1 aromatic heterocycles. The summed E-state index contributed by atoms with van der Waals surface area (Å²) in [6.45, 7) is 0.155. The summed E-state index contributed by atoms with van der Waals surface area (Å²) in [5, 5.41) is 13.7. The number of imide groups is 1. The zero-order valence-electron chi connectivity index (χ0n) is 15.1. The predicted octanol–water partition coefficient (Wildman–Crippen LogP) is 3.95. The van der Waals surface area contributed by atoms with Crippen molar-refractivity contribution >= 4 is 23.7 Å². The minimum absolute atomic E-state index is 0.0781. The standard InChI is InChI=1S/C21H15N3O5/c25-20-17(22-21(26)23(20)13-14-6-2-1-3-7-14)12-15-10-11-19(29-15)16-8-4-5-9-18(16)24(27)28/h1-12H,13H2,(H,22,26)/b17-12+. The maximum absolute atomic E-state index is 12.6. The second kappa shape index (κ2) is 7.43. The van der Waals surface area contributed by atoms with E-state index in [0.29, 0.717) is 17.1 Å². The van der Waals surface area contributed by atoms with Crippen LogP contribution in [0.25, 0.3) is 17.4 Å². The number of hydrogen-bond donors (Lipinski definition) is 1. The number of urea groups is 1. The first-order valence-corrected chi connectivity index (χ1v) is 8.75. The molecule has 0 spiro atoms. The Morgan fingerprint density at radius 1 is 1.00 bits per heavy atom. The highest BCUT2D eigenvalue weighted by atomic mass is 16.6. The fourth-order valence-corrected chi connectivity index (χ4v) is 3.04. The van der Waals surface area contributed by atoms with Gasteiger partial charge in [0.15, 0.2) is 0 Å². The van der Waals surface area contributed by atoms with Gasteiger partial charge in [-0.25, -0.2) is 4.79 Å². The summed E-state index contributed by atoms with van der Waals surface area (Å²) in [5.74, 6) is 0.118. The van der Waals surface area contributed by atoms with Crippen molar-refractivity contribution in [2.24, 2.45) is 0 Å². The first-order chi connectivity index (χ1) is 14.0. The van der Waals surface area contributed by atoms with Gasteiger partial charge in [-0.1, -0.05) is 42.5 Å². The minimum atomic E-state index is -0.518. The van der Waals surface area contributed by atoms with Crippen molar-refractivity contribution in [3.05, 3.63) is 93.9 Å². The molecule has 1 aliphatic heterocycles. The van der Waals surface area contributed by atoms with Crippen molar-refractivity contribution in [2.45, 2.75) is 6.54 Å².